The minimum absolute atomic E-state index is 0.0971. The van der Waals surface area contributed by atoms with Crippen molar-refractivity contribution >= 4 is 5.84 Å². The molecule has 1 fully saturated rings. The zero-order valence-electron chi connectivity index (χ0n) is 12.5. The van der Waals surface area contributed by atoms with Crippen molar-refractivity contribution in [2.75, 3.05) is 7.11 Å². The molecule has 2 atom stereocenters. The molecule has 0 spiro atoms. The minimum Gasteiger partial charge on any atom is -0.490 e. The first-order valence-electron chi connectivity index (χ1n) is 7.16. The number of methoxy groups -OCH3 is 1. The Hall–Kier alpha value is -1.55. The van der Waals surface area contributed by atoms with Crippen molar-refractivity contribution in [1.82, 2.24) is 0 Å². The lowest BCUT2D eigenvalue weighted by Gasteiger charge is -2.29. The molecule has 1 aliphatic carbocycles. The van der Waals surface area contributed by atoms with Crippen molar-refractivity contribution in [2.24, 2.45) is 5.73 Å². The second-order valence-electron chi connectivity index (χ2n) is 5.62. The topological polar surface area (TPSA) is 68.3 Å². The first-order valence-corrected chi connectivity index (χ1v) is 7.16. The van der Waals surface area contributed by atoms with E-state index in [0.29, 0.717) is 6.10 Å². The van der Waals surface area contributed by atoms with Gasteiger partial charge in [-0.1, -0.05) is 0 Å². The minimum atomic E-state index is 0.0971. The summed E-state index contributed by atoms with van der Waals surface area (Å²) in [5.41, 5.74) is 8.38. The van der Waals surface area contributed by atoms with Crippen LogP contribution in [-0.4, -0.2) is 25.2 Å². The number of benzene rings is 1. The number of nitrogens with two attached hydrogens (primary N) is 1. The number of hydrogen-bond acceptors (Lipinski definition) is 3. The van der Waals surface area contributed by atoms with E-state index in [1.165, 1.54) is 0 Å². The highest BCUT2D eigenvalue weighted by Crippen LogP contribution is 2.30. The van der Waals surface area contributed by atoms with E-state index in [0.717, 1.165) is 48.1 Å². The zero-order chi connectivity index (χ0) is 14.7. The summed E-state index contributed by atoms with van der Waals surface area (Å²) in [5, 5.41) is 7.52. The number of nitrogen functional groups attached to an aromatic ring is 1. The second-order valence-corrected chi connectivity index (χ2v) is 5.62. The Morgan fingerprint density at radius 3 is 2.35 bits per heavy atom. The number of rotatable bonds is 4. The Kier molecular flexibility index (Phi) is 4.65. The fraction of sp³-hybridized carbons (Fsp3) is 0.562. The lowest BCUT2D eigenvalue weighted by atomic mass is 9.94. The van der Waals surface area contributed by atoms with Gasteiger partial charge in [0.15, 0.2) is 0 Å². The van der Waals surface area contributed by atoms with Crippen LogP contribution in [0, 0.1) is 19.3 Å². The normalized spacial score (nSPS) is 22.6. The number of hydrogen-bond donors (Lipinski definition) is 2. The molecule has 0 radical (unpaired) electrons. The van der Waals surface area contributed by atoms with Crippen molar-refractivity contribution in [2.45, 2.75) is 51.7 Å². The van der Waals surface area contributed by atoms with Gasteiger partial charge in [0.05, 0.1) is 6.10 Å². The highest BCUT2D eigenvalue weighted by Gasteiger charge is 2.24. The molecular weight excluding hydrogens is 252 g/mol. The number of amidine groups is 1. The summed E-state index contributed by atoms with van der Waals surface area (Å²) >= 11 is 0. The van der Waals surface area contributed by atoms with Crippen LogP contribution in [0.4, 0.5) is 0 Å². The number of aryl methyl sites for hydroxylation is 2. The van der Waals surface area contributed by atoms with Crippen LogP contribution < -0.4 is 10.5 Å². The average Bonchev–Trinajstić information content (AvgIpc) is 2.42. The van der Waals surface area contributed by atoms with Gasteiger partial charge >= 0.3 is 0 Å². The summed E-state index contributed by atoms with van der Waals surface area (Å²) < 4.78 is 11.6. The Morgan fingerprint density at radius 1 is 1.20 bits per heavy atom. The Bertz CT molecular complexity index is 476. The first-order chi connectivity index (χ1) is 9.51. The van der Waals surface area contributed by atoms with E-state index >= 15 is 0 Å². The van der Waals surface area contributed by atoms with Gasteiger partial charge in [-0.2, -0.15) is 0 Å². The SMILES string of the molecule is COC1CCCC(Oc2c(C)cc(C(=N)N)cc2C)C1. The summed E-state index contributed by atoms with van der Waals surface area (Å²) in [4.78, 5) is 0. The molecule has 0 aromatic heterocycles. The van der Waals surface area contributed by atoms with Gasteiger partial charge in [-0.05, 0) is 56.4 Å². The Morgan fingerprint density at radius 2 is 1.80 bits per heavy atom. The summed E-state index contributed by atoms with van der Waals surface area (Å²) in [6, 6.07) is 3.84. The smallest absolute Gasteiger partial charge is 0.125 e. The molecule has 2 unspecified atom stereocenters. The van der Waals surface area contributed by atoms with E-state index in [-0.39, 0.29) is 11.9 Å². The monoisotopic (exact) mass is 276 g/mol. The molecule has 0 amide bonds. The maximum absolute atomic E-state index is 7.52. The molecule has 0 aliphatic heterocycles. The summed E-state index contributed by atoms with van der Waals surface area (Å²) in [5.74, 6) is 1.02. The summed E-state index contributed by atoms with van der Waals surface area (Å²) in [6.07, 6.45) is 4.82. The molecule has 1 aromatic rings. The third kappa shape index (κ3) is 3.31. The van der Waals surface area contributed by atoms with Gasteiger partial charge < -0.3 is 15.2 Å². The average molecular weight is 276 g/mol. The maximum atomic E-state index is 7.52. The molecule has 20 heavy (non-hydrogen) atoms. The van der Waals surface area contributed by atoms with Gasteiger partial charge in [0.1, 0.15) is 17.7 Å². The van der Waals surface area contributed by atoms with Gasteiger partial charge in [-0.15, -0.1) is 0 Å². The van der Waals surface area contributed by atoms with Gasteiger partial charge in [0.25, 0.3) is 0 Å². The molecule has 0 bridgehead atoms. The molecular formula is C16H24N2O2. The summed E-state index contributed by atoms with van der Waals surface area (Å²) in [7, 11) is 1.77. The quantitative estimate of drug-likeness (QED) is 0.656. The molecule has 1 saturated carbocycles. The van der Waals surface area contributed by atoms with Crippen LogP contribution in [0.25, 0.3) is 0 Å². The molecule has 110 valence electrons. The van der Waals surface area contributed by atoms with Crippen molar-refractivity contribution in [3.63, 3.8) is 0 Å². The largest absolute Gasteiger partial charge is 0.490 e. The van der Waals surface area contributed by atoms with Crippen LogP contribution in [0.1, 0.15) is 42.4 Å². The van der Waals surface area contributed by atoms with Crippen LogP contribution in [0.5, 0.6) is 5.75 Å². The highest BCUT2D eigenvalue weighted by atomic mass is 16.5. The van der Waals surface area contributed by atoms with E-state index in [1.54, 1.807) is 7.11 Å². The predicted molar refractivity (Wildman–Crippen MR) is 80.6 cm³/mol. The Balaban J connectivity index is 2.15. The number of ether oxygens (including phenoxy) is 2. The van der Waals surface area contributed by atoms with Crippen molar-refractivity contribution in [1.29, 1.82) is 5.41 Å². The fourth-order valence-corrected chi connectivity index (χ4v) is 2.88. The van der Waals surface area contributed by atoms with E-state index in [2.05, 4.69) is 0 Å². The molecule has 4 heteroatoms. The second kappa shape index (κ2) is 6.27. The molecule has 0 heterocycles. The van der Waals surface area contributed by atoms with Gasteiger partial charge in [-0.25, -0.2) is 0 Å². The lowest BCUT2D eigenvalue weighted by Crippen LogP contribution is -2.30. The van der Waals surface area contributed by atoms with Gasteiger partial charge in [-0.3, -0.25) is 5.41 Å². The molecule has 4 nitrogen and oxygen atoms in total. The maximum Gasteiger partial charge on any atom is 0.125 e. The third-order valence-electron chi connectivity index (χ3n) is 3.97. The molecule has 2 rings (SSSR count). The van der Waals surface area contributed by atoms with Crippen molar-refractivity contribution in [3.8, 4) is 5.75 Å². The predicted octanol–water partition coefficient (Wildman–Crippen LogP) is 2.92. The molecule has 1 aromatic carbocycles. The fourth-order valence-electron chi connectivity index (χ4n) is 2.88. The standard InChI is InChI=1S/C16H24N2O2/c1-10-7-12(16(17)18)8-11(2)15(10)20-14-6-4-5-13(9-14)19-3/h7-8,13-14H,4-6,9H2,1-3H3,(H3,17,18). The van der Waals surface area contributed by atoms with Gasteiger partial charge in [0.2, 0.25) is 0 Å². The van der Waals surface area contributed by atoms with Crippen molar-refractivity contribution < 1.29 is 9.47 Å². The van der Waals surface area contributed by atoms with Crippen LogP contribution in [0.3, 0.4) is 0 Å². The van der Waals surface area contributed by atoms with Crippen LogP contribution in [-0.2, 0) is 4.74 Å². The van der Waals surface area contributed by atoms with Crippen LogP contribution >= 0.6 is 0 Å². The van der Waals surface area contributed by atoms with E-state index in [9.17, 15) is 0 Å². The summed E-state index contributed by atoms with van der Waals surface area (Å²) in [6.45, 7) is 4.01. The van der Waals surface area contributed by atoms with Crippen molar-refractivity contribution in [3.05, 3.63) is 28.8 Å². The lowest BCUT2D eigenvalue weighted by molar-refractivity contribution is 0.0205. The molecule has 1 aliphatic rings. The van der Waals surface area contributed by atoms with E-state index < -0.39 is 0 Å². The Labute approximate surface area is 120 Å². The number of nitrogens with one attached hydrogen (secondary N) is 1. The first kappa shape index (κ1) is 14.9. The van der Waals surface area contributed by atoms with E-state index in [1.807, 2.05) is 26.0 Å². The third-order valence-corrected chi connectivity index (χ3v) is 3.97. The van der Waals surface area contributed by atoms with Crippen LogP contribution in [0.15, 0.2) is 12.1 Å². The molecule has 0 saturated heterocycles. The van der Waals surface area contributed by atoms with Crippen LogP contribution in [0.2, 0.25) is 0 Å². The molecule has 3 N–H and O–H groups in total. The zero-order valence-corrected chi connectivity index (χ0v) is 12.5. The highest BCUT2D eigenvalue weighted by molar-refractivity contribution is 5.95. The van der Waals surface area contributed by atoms with E-state index in [4.69, 9.17) is 20.6 Å². The van der Waals surface area contributed by atoms with Gasteiger partial charge in [0, 0.05) is 19.1 Å².